The van der Waals surface area contributed by atoms with Crippen LogP contribution < -0.4 is 16.0 Å². The minimum Gasteiger partial charge on any atom is -0.355 e. The summed E-state index contributed by atoms with van der Waals surface area (Å²) >= 11 is 0. The second-order valence-corrected chi connectivity index (χ2v) is 3.14. The van der Waals surface area contributed by atoms with Crippen molar-refractivity contribution in [1.82, 2.24) is 10.6 Å². The fourth-order valence-corrected chi connectivity index (χ4v) is 1.19. The van der Waals surface area contributed by atoms with E-state index in [0.717, 1.165) is 0 Å². The fourth-order valence-electron chi connectivity index (χ4n) is 1.19. The Morgan fingerprint density at radius 2 is 1.81 bits per heavy atom. The average Bonchev–Trinajstić information content (AvgIpc) is 2.29. The molecule has 5 nitrogen and oxygen atoms in total. The smallest absolute Gasteiger partial charge is 0.319 e. The number of carbonyl (C=O) groups excluding carboxylic acids is 2. The molecule has 0 bridgehead atoms. The van der Waals surface area contributed by atoms with Crippen LogP contribution in [0.2, 0.25) is 0 Å². The van der Waals surface area contributed by atoms with Crippen molar-refractivity contribution in [3.63, 3.8) is 0 Å². The van der Waals surface area contributed by atoms with Gasteiger partial charge < -0.3 is 16.0 Å². The summed E-state index contributed by atoms with van der Waals surface area (Å²) in [5.74, 6) is -0.149. The number of urea groups is 1. The molecular formula is C11H15N3O2. The van der Waals surface area contributed by atoms with Gasteiger partial charge in [0.2, 0.25) is 0 Å². The zero-order valence-corrected chi connectivity index (χ0v) is 9.33. The summed E-state index contributed by atoms with van der Waals surface area (Å²) in [4.78, 5) is 22.4. The maximum Gasteiger partial charge on any atom is 0.319 e. The first kappa shape index (κ1) is 12.0. The van der Waals surface area contributed by atoms with Crippen molar-refractivity contribution >= 4 is 17.6 Å². The largest absolute Gasteiger partial charge is 0.355 e. The van der Waals surface area contributed by atoms with E-state index in [2.05, 4.69) is 16.0 Å². The van der Waals surface area contributed by atoms with E-state index in [1.54, 1.807) is 31.3 Å². The third-order valence-electron chi connectivity index (χ3n) is 1.97. The van der Waals surface area contributed by atoms with Crippen LogP contribution in [0.15, 0.2) is 24.3 Å². The van der Waals surface area contributed by atoms with Crippen molar-refractivity contribution in [3.05, 3.63) is 29.8 Å². The van der Waals surface area contributed by atoms with E-state index in [-0.39, 0.29) is 11.9 Å². The van der Waals surface area contributed by atoms with Crippen molar-refractivity contribution in [2.24, 2.45) is 0 Å². The average molecular weight is 221 g/mol. The summed E-state index contributed by atoms with van der Waals surface area (Å²) in [7, 11) is 1.57. The first-order valence-electron chi connectivity index (χ1n) is 5.04. The predicted octanol–water partition coefficient (Wildman–Crippen LogP) is 1.19. The molecule has 16 heavy (non-hydrogen) atoms. The number of carbonyl (C=O) groups is 2. The van der Waals surface area contributed by atoms with Gasteiger partial charge >= 0.3 is 6.03 Å². The standard InChI is InChI=1S/C11H15N3O2/c1-3-13-11(16)14-9-6-4-8(5-7-9)10(15)12-2/h4-7H,3H2,1-2H3,(H,12,15)(H2,13,14,16). The van der Waals surface area contributed by atoms with Crippen LogP contribution >= 0.6 is 0 Å². The molecule has 3 N–H and O–H groups in total. The van der Waals surface area contributed by atoms with Gasteiger partial charge in [-0.3, -0.25) is 4.79 Å². The van der Waals surface area contributed by atoms with Crippen molar-refractivity contribution < 1.29 is 9.59 Å². The molecule has 0 saturated heterocycles. The van der Waals surface area contributed by atoms with E-state index >= 15 is 0 Å². The molecular weight excluding hydrogens is 206 g/mol. The van der Waals surface area contributed by atoms with E-state index in [0.29, 0.717) is 17.8 Å². The van der Waals surface area contributed by atoms with Crippen molar-refractivity contribution in [2.75, 3.05) is 18.9 Å². The molecule has 1 aromatic carbocycles. The third kappa shape index (κ3) is 3.27. The van der Waals surface area contributed by atoms with Gasteiger partial charge in [0.15, 0.2) is 0 Å². The highest BCUT2D eigenvalue weighted by atomic mass is 16.2. The number of hydrogen-bond acceptors (Lipinski definition) is 2. The zero-order valence-electron chi connectivity index (χ0n) is 9.33. The SMILES string of the molecule is CCNC(=O)Nc1ccc(C(=O)NC)cc1. The molecule has 0 atom stereocenters. The molecule has 0 saturated carbocycles. The second kappa shape index (κ2) is 5.75. The van der Waals surface area contributed by atoms with E-state index < -0.39 is 0 Å². The Balaban J connectivity index is 2.64. The summed E-state index contributed by atoms with van der Waals surface area (Å²) in [6, 6.07) is 6.41. The van der Waals surface area contributed by atoms with E-state index in [1.165, 1.54) is 0 Å². The van der Waals surface area contributed by atoms with Gasteiger partial charge in [0.25, 0.3) is 5.91 Å². The molecule has 1 aromatic rings. The van der Waals surface area contributed by atoms with Crippen molar-refractivity contribution in [2.45, 2.75) is 6.92 Å². The van der Waals surface area contributed by atoms with E-state index in [9.17, 15) is 9.59 Å². The molecule has 86 valence electrons. The number of rotatable bonds is 3. The summed E-state index contributed by atoms with van der Waals surface area (Å²) in [5.41, 5.74) is 1.21. The minimum absolute atomic E-state index is 0.149. The molecule has 5 heteroatoms. The molecule has 0 aliphatic rings. The molecule has 0 spiro atoms. The summed E-state index contributed by atoms with van der Waals surface area (Å²) in [5, 5.41) is 7.78. The lowest BCUT2D eigenvalue weighted by atomic mass is 10.2. The Morgan fingerprint density at radius 1 is 1.19 bits per heavy atom. The van der Waals surface area contributed by atoms with Gasteiger partial charge in [0, 0.05) is 24.8 Å². The molecule has 3 amide bonds. The number of anilines is 1. The minimum atomic E-state index is -0.254. The normalized spacial score (nSPS) is 9.38. The highest BCUT2D eigenvalue weighted by Gasteiger charge is 2.03. The van der Waals surface area contributed by atoms with Crippen molar-refractivity contribution in [1.29, 1.82) is 0 Å². The Kier molecular flexibility index (Phi) is 4.32. The fraction of sp³-hybridized carbons (Fsp3) is 0.273. The molecule has 0 aliphatic carbocycles. The van der Waals surface area contributed by atoms with Gasteiger partial charge in [-0.1, -0.05) is 0 Å². The Hall–Kier alpha value is -2.04. The monoisotopic (exact) mass is 221 g/mol. The summed E-state index contributed by atoms with van der Waals surface area (Å²) in [6.07, 6.45) is 0. The lowest BCUT2D eigenvalue weighted by Gasteiger charge is -2.06. The van der Waals surface area contributed by atoms with Crippen LogP contribution in [0.4, 0.5) is 10.5 Å². The highest BCUT2D eigenvalue weighted by Crippen LogP contribution is 2.09. The van der Waals surface area contributed by atoms with Gasteiger partial charge in [-0.2, -0.15) is 0 Å². The Morgan fingerprint density at radius 3 is 2.31 bits per heavy atom. The molecule has 0 aliphatic heterocycles. The van der Waals surface area contributed by atoms with Gasteiger partial charge in [-0.25, -0.2) is 4.79 Å². The van der Waals surface area contributed by atoms with Crippen LogP contribution in [0.3, 0.4) is 0 Å². The molecule has 1 rings (SSSR count). The van der Waals surface area contributed by atoms with Crippen LogP contribution in [-0.4, -0.2) is 25.5 Å². The summed E-state index contributed by atoms with van der Waals surface area (Å²) in [6.45, 7) is 2.41. The highest BCUT2D eigenvalue weighted by molar-refractivity contribution is 5.95. The third-order valence-corrected chi connectivity index (χ3v) is 1.97. The number of amides is 3. The zero-order chi connectivity index (χ0) is 12.0. The molecule has 0 heterocycles. The van der Waals surface area contributed by atoms with Crippen LogP contribution in [-0.2, 0) is 0 Å². The topological polar surface area (TPSA) is 70.2 Å². The Labute approximate surface area is 94.2 Å². The predicted molar refractivity (Wildman–Crippen MR) is 62.5 cm³/mol. The lowest BCUT2D eigenvalue weighted by Crippen LogP contribution is -2.28. The summed E-state index contributed by atoms with van der Waals surface area (Å²) < 4.78 is 0. The van der Waals surface area contributed by atoms with Crippen LogP contribution in [0.25, 0.3) is 0 Å². The van der Waals surface area contributed by atoms with E-state index in [4.69, 9.17) is 0 Å². The molecule has 0 unspecified atom stereocenters. The van der Waals surface area contributed by atoms with Crippen LogP contribution in [0.1, 0.15) is 17.3 Å². The number of nitrogens with one attached hydrogen (secondary N) is 3. The first-order chi connectivity index (χ1) is 7.67. The van der Waals surface area contributed by atoms with E-state index in [1.807, 2.05) is 6.92 Å². The lowest BCUT2D eigenvalue weighted by molar-refractivity contribution is 0.0963. The van der Waals surface area contributed by atoms with Crippen LogP contribution in [0.5, 0.6) is 0 Å². The number of hydrogen-bond donors (Lipinski definition) is 3. The van der Waals surface area contributed by atoms with Crippen molar-refractivity contribution in [3.8, 4) is 0 Å². The van der Waals surface area contributed by atoms with Gasteiger partial charge in [0.1, 0.15) is 0 Å². The first-order valence-corrected chi connectivity index (χ1v) is 5.04. The maximum absolute atomic E-state index is 11.2. The van der Waals surface area contributed by atoms with Gasteiger partial charge in [-0.05, 0) is 31.2 Å². The molecule has 0 fully saturated rings. The second-order valence-electron chi connectivity index (χ2n) is 3.14. The molecule has 0 aromatic heterocycles. The number of benzene rings is 1. The Bertz CT molecular complexity index is 373. The van der Waals surface area contributed by atoms with Gasteiger partial charge in [-0.15, -0.1) is 0 Å². The van der Waals surface area contributed by atoms with Crippen LogP contribution in [0, 0.1) is 0 Å². The van der Waals surface area contributed by atoms with Gasteiger partial charge in [0.05, 0.1) is 0 Å². The quantitative estimate of drug-likeness (QED) is 0.717. The molecule has 0 radical (unpaired) electrons. The maximum atomic E-state index is 11.2.